The van der Waals surface area contributed by atoms with Crippen LogP contribution in [0, 0.1) is 0 Å². The second-order valence-corrected chi connectivity index (χ2v) is 5.23. The minimum atomic E-state index is -0.478. The van der Waals surface area contributed by atoms with Crippen LogP contribution in [-0.2, 0) is 6.54 Å². The Hall–Kier alpha value is -2.70. The summed E-state index contributed by atoms with van der Waals surface area (Å²) in [6.07, 6.45) is 0. The van der Waals surface area contributed by atoms with Crippen LogP contribution in [0.2, 0.25) is 5.02 Å². The molecule has 7 heteroatoms. The maximum atomic E-state index is 11.7. The van der Waals surface area contributed by atoms with Crippen LogP contribution in [-0.4, -0.2) is 15.0 Å². The molecule has 1 aromatic heterocycles. The molecular weight excluding hydrogens is 314 g/mol. The molecule has 0 saturated carbocycles. The van der Waals surface area contributed by atoms with Crippen LogP contribution >= 0.6 is 11.6 Å². The number of aromatic nitrogens is 3. The Morgan fingerprint density at radius 3 is 2.48 bits per heavy atom. The fraction of sp³-hybridized carbons (Fsp3) is 0.0625. The summed E-state index contributed by atoms with van der Waals surface area (Å²) in [5, 5.41) is 0.619. The molecule has 23 heavy (non-hydrogen) atoms. The lowest BCUT2D eigenvalue weighted by molar-refractivity contribution is 0.779. The molecule has 0 unspecified atom stereocenters. The number of halogens is 1. The van der Waals surface area contributed by atoms with E-state index in [9.17, 15) is 4.79 Å². The minimum Gasteiger partial charge on any atom is -0.290 e. The van der Waals surface area contributed by atoms with Gasteiger partial charge >= 0.3 is 5.69 Å². The monoisotopic (exact) mass is 327 g/mol. The van der Waals surface area contributed by atoms with Crippen LogP contribution in [0.5, 0.6) is 0 Å². The standard InChI is InChI=1S/C16H14ClN5O/c17-13-8-6-12(7-9-13)14-19-15(21-16(23)20-14)22-18-10-11-4-2-1-3-5-11/h1-9,18H,10H2,(H2,19,20,21,22,23). The maximum absolute atomic E-state index is 11.7. The molecule has 0 amide bonds. The number of hydrogen-bond donors (Lipinski definition) is 3. The lowest BCUT2D eigenvalue weighted by Gasteiger charge is -2.08. The highest BCUT2D eigenvalue weighted by Crippen LogP contribution is 2.17. The normalized spacial score (nSPS) is 10.5. The predicted octanol–water partition coefficient (Wildman–Crippen LogP) is 2.60. The molecule has 6 nitrogen and oxygen atoms in total. The minimum absolute atomic E-state index is 0.203. The smallest absolute Gasteiger partial charge is 0.290 e. The van der Waals surface area contributed by atoms with Gasteiger partial charge in [-0.05, 0) is 29.8 Å². The summed E-state index contributed by atoms with van der Waals surface area (Å²) in [6, 6.07) is 16.9. The first kappa shape index (κ1) is 15.2. The molecule has 0 spiro atoms. The molecule has 0 fully saturated rings. The van der Waals surface area contributed by atoms with E-state index in [0.29, 0.717) is 17.4 Å². The highest BCUT2D eigenvalue weighted by molar-refractivity contribution is 6.30. The molecule has 3 aromatic rings. The van der Waals surface area contributed by atoms with Gasteiger partial charge in [-0.1, -0.05) is 41.9 Å². The zero-order chi connectivity index (χ0) is 16.1. The number of rotatable bonds is 5. The van der Waals surface area contributed by atoms with Crippen molar-refractivity contribution in [3.63, 3.8) is 0 Å². The van der Waals surface area contributed by atoms with E-state index in [1.54, 1.807) is 24.3 Å². The molecular formula is C16H14ClN5O. The number of nitrogens with zero attached hydrogens (tertiary/aromatic N) is 2. The van der Waals surface area contributed by atoms with Crippen molar-refractivity contribution in [3.05, 3.63) is 75.7 Å². The van der Waals surface area contributed by atoms with Crippen LogP contribution in [0.4, 0.5) is 5.95 Å². The third-order valence-electron chi connectivity index (χ3n) is 3.10. The topological polar surface area (TPSA) is 82.7 Å². The first-order chi connectivity index (χ1) is 11.2. The van der Waals surface area contributed by atoms with Crippen LogP contribution in [0.15, 0.2) is 59.4 Å². The maximum Gasteiger partial charge on any atom is 0.349 e. The van der Waals surface area contributed by atoms with E-state index < -0.39 is 5.69 Å². The molecule has 0 saturated heterocycles. The van der Waals surface area contributed by atoms with Crippen LogP contribution in [0.1, 0.15) is 5.56 Å². The molecule has 3 rings (SSSR count). The number of aromatic amines is 1. The highest BCUT2D eigenvalue weighted by Gasteiger charge is 2.05. The Morgan fingerprint density at radius 2 is 1.74 bits per heavy atom. The van der Waals surface area contributed by atoms with Gasteiger partial charge in [-0.2, -0.15) is 9.97 Å². The third kappa shape index (κ3) is 4.15. The van der Waals surface area contributed by atoms with Gasteiger partial charge in [-0.25, -0.2) is 10.2 Å². The lowest BCUT2D eigenvalue weighted by Crippen LogP contribution is -2.25. The summed E-state index contributed by atoms with van der Waals surface area (Å²) in [5.74, 6) is 0.625. The van der Waals surface area contributed by atoms with Gasteiger partial charge in [0, 0.05) is 17.1 Å². The third-order valence-corrected chi connectivity index (χ3v) is 3.36. The van der Waals surface area contributed by atoms with Crippen molar-refractivity contribution in [2.75, 3.05) is 5.43 Å². The number of hydrazine groups is 1. The van der Waals surface area contributed by atoms with E-state index in [1.807, 2.05) is 30.3 Å². The summed E-state index contributed by atoms with van der Waals surface area (Å²) in [4.78, 5) is 22.4. The van der Waals surface area contributed by atoms with Crippen LogP contribution in [0.3, 0.4) is 0 Å². The van der Waals surface area contributed by atoms with Gasteiger partial charge < -0.3 is 0 Å². The lowest BCUT2D eigenvalue weighted by atomic mass is 10.2. The predicted molar refractivity (Wildman–Crippen MR) is 90.0 cm³/mol. The van der Waals surface area contributed by atoms with Crippen molar-refractivity contribution in [1.29, 1.82) is 0 Å². The summed E-state index contributed by atoms with van der Waals surface area (Å²) in [5.41, 5.74) is 7.19. The fourth-order valence-corrected chi connectivity index (χ4v) is 2.13. The van der Waals surface area contributed by atoms with Crippen molar-refractivity contribution in [2.24, 2.45) is 0 Å². The van der Waals surface area contributed by atoms with Crippen LogP contribution in [0.25, 0.3) is 11.4 Å². The molecule has 0 aliphatic heterocycles. The van der Waals surface area contributed by atoms with E-state index in [0.717, 1.165) is 11.1 Å². The molecule has 3 N–H and O–H groups in total. The van der Waals surface area contributed by atoms with E-state index >= 15 is 0 Å². The van der Waals surface area contributed by atoms with Crippen LogP contribution < -0.4 is 16.5 Å². The summed E-state index contributed by atoms with van der Waals surface area (Å²) in [6.45, 7) is 0.577. The zero-order valence-electron chi connectivity index (χ0n) is 12.1. The summed E-state index contributed by atoms with van der Waals surface area (Å²) in [7, 11) is 0. The SMILES string of the molecule is O=c1nc(NNCc2ccccc2)nc(-c2ccc(Cl)cc2)[nH]1. The number of anilines is 1. The number of hydrogen-bond acceptors (Lipinski definition) is 5. The molecule has 0 aliphatic carbocycles. The zero-order valence-corrected chi connectivity index (χ0v) is 12.8. The van der Waals surface area contributed by atoms with Crippen molar-refractivity contribution in [2.45, 2.75) is 6.54 Å². The second kappa shape index (κ2) is 7.04. The Bertz CT molecular complexity index is 833. The van der Waals surface area contributed by atoms with E-state index in [1.165, 1.54) is 0 Å². The molecule has 116 valence electrons. The molecule has 1 heterocycles. The van der Waals surface area contributed by atoms with Crippen molar-refractivity contribution in [3.8, 4) is 11.4 Å². The molecule has 0 bridgehead atoms. The molecule has 0 radical (unpaired) electrons. The van der Waals surface area contributed by atoms with Gasteiger partial charge in [-0.3, -0.25) is 10.4 Å². The first-order valence-corrected chi connectivity index (χ1v) is 7.35. The Kier molecular flexibility index (Phi) is 4.65. The van der Waals surface area contributed by atoms with Crippen molar-refractivity contribution >= 4 is 17.5 Å². The Labute approximate surface area is 137 Å². The number of benzene rings is 2. The van der Waals surface area contributed by atoms with E-state index in [-0.39, 0.29) is 5.95 Å². The molecule has 0 aliphatic rings. The quantitative estimate of drug-likeness (QED) is 0.627. The van der Waals surface area contributed by atoms with Gasteiger partial charge in [0.15, 0.2) is 0 Å². The van der Waals surface area contributed by atoms with Gasteiger partial charge in [0.2, 0.25) is 5.95 Å². The van der Waals surface area contributed by atoms with Gasteiger partial charge in [0.1, 0.15) is 5.82 Å². The molecule has 2 aromatic carbocycles. The fourth-order valence-electron chi connectivity index (χ4n) is 2.01. The van der Waals surface area contributed by atoms with Gasteiger partial charge in [0.25, 0.3) is 0 Å². The highest BCUT2D eigenvalue weighted by atomic mass is 35.5. The largest absolute Gasteiger partial charge is 0.349 e. The van der Waals surface area contributed by atoms with E-state index in [4.69, 9.17) is 11.6 Å². The average Bonchev–Trinajstić information content (AvgIpc) is 2.56. The van der Waals surface area contributed by atoms with Crippen molar-refractivity contribution < 1.29 is 0 Å². The van der Waals surface area contributed by atoms with Crippen molar-refractivity contribution in [1.82, 2.24) is 20.4 Å². The van der Waals surface area contributed by atoms with Gasteiger partial charge in [-0.15, -0.1) is 0 Å². The summed E-state index contributed by atoms with van der Waals surface area (Å²) >= 11 is 5.86. The van der Waals surface area contributed by atoms with E-state index in [2.05, 4.69) is 25.8 Å². The number of H-pyrrole nitrogens is 1. The second-order valence-electron chi connectivity index (χ2n) is 4.80. The first-order valence-electron chi connectivity index (χ1n) is 6.98. The number of nitrogens with one attached hydrogen (secondary N) is 3. The Balaban J connectivity index is 1.73. The van der Waals surface area contributed by atoms with Gasteiger partial charge in [0.05, 0.1) is 0 Å². The molecule has 0 atom stereocenters. The average molecular weight is 328 g/mol. The Morgan fingerprint density at radius 1 is 1.00 bits per heavy atom. The summed E-state index contributed by atoms with van der Waals surface area (Å²) < 4.78 is 0.